The van der Waals surface area contributed by atoms with Crippen LogP contribution < -0.4 is 0 Å². The molecule has 0 bridgehead atoms. The summed E-state index contributed by atoms with van der Waals surface area (Å²) in [7, 11) is -9.90. The third-order valence-corrected chi connectivity index (χ3v) is 17.7. The molecule has 0 aromatic heterocycles. The van der Waals surface area contributed by atoms with Crippen LogP contribution in [0.15, 0.2) is 0 Å². The molecule has 0 rings (SSSR count). The number of hydrogen-bond donors (Lipinski definition) is 3. The van der Waals surface area contributed by atoms with Gasteiger partial charge in [0, 0.05) is 25.7 Å². The van der Waals surface area contributed by atoms with Crippen LogP contribution in [-0.4, -0.2) is 96.7 Å². The number of hydrogen-bond acceptors (Lipinski definition) is 15. The lowest BCUT2D eigenvalue weighted by atomic mass is 10.0. The monoisotopic (exact) mass is 1300 g/mol. The Kier molecular flexibility index (Phi) is 57.6. The largest absolute Gasteiger partial charge is 0.472 e. The predicted molar refractivity (Wildman–Crippen MR) is 354 cm³/mol. The Morgan fingerprint density at radius 1 is 0.284 bits per heavy atom. The summed E-state index contributed by atoms with van der Waals surface area (Å²) in [6.07, 6.45) is 40.6. The first-order valence-corrected chi connectivity index (χ1v) is 38.7. The molecular weight excluding hydrogens is 1160 g/mol. The molecule has 19 heteroatoms. The molecule has 0 amide bonds. The first kappa shape index (κ1) is 86.1. The van der Waals surface area contributed by atoms with Crippen molar-refractivity contribution in [3.63, 3.8) is 0 Å². The van der Waals surface area contributed by atoms with Crippen molar-refractivity contribution in [1.82, 2.24) is 0 Å². The number of rotatable bonds is 66. The van der Waals surface area contributed by atoms with Gasteiger partial charge in [-0.05, 0) is 49.4 Å². The van der Waals surface area contributed by atoms with Crippen molar-refractivity contribution in [2.24, 2.45) is 23.7 Å². The first-order chi connectivity index (χ1) is 42.1. The van der Waals surface area contributed by atoms with Crippen LogP contribution in [0.2, 0.25) is 0 Å². The van der Waals surface area contributed by atoms with Crippen LogP contribution in [0.3, 0.4) is 0 Å². The van der Waals surface area contributed by atoms with Gasteiger partial charge in [-0.3, -0.25) is 37.3 Å². The highest BCUT2D eigenvalue weighted by atomic mass is 31.2. The zero-order chi connectivity index (χ0) is 65.4. The molecule has 0 heterocycles. The molecule has 0 aromatic rings. The molecule has 88 heavy (non-hydrogen) atoms. The maximum Gasteiger partial charge on any atom is 0.472 e. The number of phosphoric acid groups is 2. The summed E-state index contributed by atoms with van der Waals surface area (Å²) in [5.41, 5.74) is 0. The quantitative estimate of drug-likeness (QED) is 0.0222. The SMILES string of the molecule is CC(C)CCCCCCCCCCCCCCCCC(=O)O[C@H](COC(=O)CCCCCCCCCCCC(C)C)COP(=O)(O)OCC(O)COP(=O)(O)OC[C@@H](COC(=O)CCCCCCCCCC(C)C)OC(=O)CCCCCCCCC(C)C. The van der Waals surface area contributed by atoms with Crippen molar-refractivity contribution >= 4 is 39.5 Å². The van der Waals surface area contributed by atoms with Crippen LogP contribution in [-0.2, 0) is 65.4 Å². The van der Waals surface area contributed by atoms with E-state index in [4.69, 9.17) is 37.0 Å². The van der Waals surface area contributed by atoms with Gasteiger partial charge in [0.05, 0.1) is 26.4 Å². The lowest BCUT2D eigenvalue weighted by Gasteiger charge is -2.21. The average Bonchev–Trinajstić information content (AvgIpc) is 3.56. The second-order valence-electron chi connectivity index (χ2n) is 26.8. The minimum atomic E-state index is -4.95. The van der Waals surface area contributed by atoms with Gasteiger partial charge in [-0.1, -0.05) is 287 Å². The smallest absolute Gasteiger partial charge is 0.462 e. The third kappa shape index (κ3) is 62.8. The molecule has 0 aliphatic rings. The fourth-order valence-electron chi connectivity index (χ4n) is 10.3. The standard InChI is InChI=1S/C69H134O17P2/c1-59(2)45-37-29-21-16-13-11-9-10-12-14-18-25-35-43-51-68(73)85-64(55-79-66(71)49-41-33-24-19-15-17-22-30-38-46-60(3)4)57-83-87(75,76)81-53-63(70)54-82-88(77,78)84-58-65(86-69(74)52-44-36-28-27-32-40-48-62(7)8)56-80-67(72)50-42-34-26-20-23-31-39-47-61(5)6/h59-65,70H,9-58H2,1-8H3,(H,75,76)(H,77,78)/t63?,64-,65-/m1/s1. The minimum Gasteiger partial charge on any atom is -0.462 e. The second kappa shape index (κ2) is 58.8. The van der Waals surface area contributed by atoms with Crippen LogP contribution in [0.5, 0.6) is 0 Å². The van der Waals surface area contributed by atoms with E-state index in [1.165, 1.54) is 135 Å². The number of ether oxygens (including phenoxy) is 4. The summed E-state index contributed by atoms with van der Waals surface area (Å²) in [4.78, 5) is 72.4. The number of aliphatic hydroxyl groups is 1. The zero-order valence-electron chi connectivity index (χ0n) is 57.3. The third-order valence-electron chi connectivity index (χ3n) is 15.8. The molecule has 0 aliphatic carbocycles. The second-order valence-corrected chi connectivity index (χ2v) is 29.7. The van der Waals surface area contributed by atoms with E-state index in [-0.39, 0.29) is 25.7 Å². The van der Waals surface area contributed by atoms with E-state index in [9.17, 15) is 43.2 Å². The molecule has 3 N–H and O–H groups in total. The molecule has 17 nitrogen and oxygen atoms in total. The molecule has 0 aromatic carbocycles. The highest BCUT2D eigenvalue weighted by Crippen LogP contribution is 2.45. The summed E-state index contributed by atoms with van der Waals surface area (Å²) in [5.74, 6) is 0.778. The van der Waals surface area contributed by atoms with Gasteiger partial charge in [0.15, 0.2) is 12.2 Å². The van der Waals surface area contributed by atoms with E-state index in [0.29, 0.717) is 37.5 Å². The number of esters is 4. The highest BCUT2D eigenvalue weighted by Gasteiger charge is 2.30. The van der Waals surface area contributed by atoms with Gasteiger partial charge in [-0.15, -0.1) is 0 Å². The van der Waals surface area contributed by atoms with Crippen LogP contribution in [0.25, 0.3) is 0 Å². The van der Waals surface area contributed by atoms with E-state index in [1.807, 2.05) is 0 Å². The van der Waals surface area contributed by atoms with Crippen LogP contribution >= 0.6 is 15.6 Å². The lowest BCUT2D eigenvalue weighted by Crippen LogP contribution is -2.30. The summed E-state index contributed by atoms with van der Waals surface area (Å²) in [6.45, 7) is 14.0. The predicted octanol–water partition coefficient (Wildman–Crippen LogP) is 19.3. The fourth-order valence-corrected chi connectivity index (χ4v) is 11.9. The summed E-state index contributed by atoms with van der Waals surface area (Å²) >= 11 is 0. The molecule has 0 saturated heterocycles. The molecular formula is C69H134O17P2. The van der Waals surface area contributed by atoms with Crippen LogP contribution in [0, 0.1) is 23.7 Å². The topological polar surface area (TPSA) is 237 Å². The van der Waals surface area contributed by atoms with Crippen molar-refractivity contribution in [3.8, 4) is 0 Å². The first-order valence-electron chi connectivity index (χ1n) is 35.7. The van der Waals surface area contributed by atoms with Crippen molar-refractivity contribution < 1.29 is 80.2 Å². The van der Waals surface area contributed by atoms with E-state index in [0.717, 1.165) is 108 Å². The minimum absolute atomic E-state index is 0.101. The van der Waals surface area contributed by atoms with Crippen LogP contribution in [0.4, 0.5) is 0 Å². The Morgan fingerprint density at radius 2 is 0.477 bits per heavy atom. The Balaban J connectivity index is 5.22. The number of aliphatic hydroxyl groups excluding tert-OH is 1. The van der Waals surface area contributed by atoms with Gasteiger partial charge in [-0.25, -0.2) is 9.13 Å². The van der Waals surface area contributed by atoms with E-state index in [2.05, 4.69) is 55.4 Å². The maximum absolute atomic E-state index is 13.0. The molecule has 522 valence electrons. The Labute approximate surface area is 537 Å². The van der Waals surface area contributed by atoms with Crippen molar-refractivity contribution in [1.29, 1.82) is 0 Å². The Hall–Kier alpha value is -1.94. The lowest BCUT2D eigenvalue weighted by molar-refractivity contribution is -0.161. The number of carbonyl (C=O) groups is 4. The average molecular weight is 1300 g/mol. The number of carbonyl (C=O) groups excluding carboxylic acids is 4. The maximum atomic E-state index is 13.0. The van der Waals surface area contributed by atoms with Gasteiger partial charge >= 0.3 is 39.5 Å². The molecule has 0 fully saturated rings. The van der Waals surface area contributed by atoms with Gasteiger partial charge in [-0.2, -0.15) is 0 Å². The van der Waals surface area contributed by atoms with Crippen molar-refractivity contribution in [2.75, 3.05) is 39.6 Å². The molecule has 3 unspecified atom stereocenters. The van der Waals surface area contributed by atoms with Crippen molar-refractivity contribution in [3.05, 3.63) is 0 Å². The normalized spacial score (nSPS) is 14.3. The van der Waals surface area contributed by atoms with E-state index in [1.54, 1.807) is 0 Å². The van der Waals surface area contributed by atoms with Gasteiger partial charge in [0.25, 0.3) is 0 Å². The number of phosphoric ester groups is 2. The van der Waals surface area contributed by atoms with Gasteiger partial charge in [0.2, 0.25) is 0 Å². The van der Waals surface area contributed by atoms with Gasteiger partial charge < -0.3 is 33.8 Å². The summed E-state index contributed by atoms with van der Waals surface area (Å²) in [6, 6.07) is 0. The molecule has 0 radical (unpaired) electrons. The molecule has 5 atom stereocenters. The summed E-state index contributed by atoms with van der Waals surface area (Å²) in [5, 5.41) is 10.6. The van der Waals surface area contributed by atoms with Gasteiger partial charge in [0.1, 0.15) is 19.3 Å². The number of unbranched alkanes of at least 4 members (excludes halogenated alkanes) is 32. The highest BCUT2D eigenvalue weighted by molar-refractivity contribution is 7.47. The van der Waals surface area contributed by atoms with Crippen molar-refractivity contribution in [2.45, 2.75) is 356 Å². The molecule has 0 aliphatic heterocycles. The Morgan fingerprint density at radius 3 is 0.705 bits per heavy atom. The Bertz CT molecular complexity index is 1750. The fraction of sp³-hybridized carbons (Fsp3) is 0.942. The molecule has 0 spiro atoms. The zero-order valence-corrected chi connectivity index (χ0v) is 59.1. The van der Waals surface area contributed by atoms with Crippen LogP contribution in [0.1, 0.15) is 338 Å². The summed E-state index contributed by atoms with van der Waals surface area (Å²) < 4.78 is 68.2. The van der Waals surface area contributed by atoms with E-state index >= 15 is 0 Å². The van der Waals surface area contributed by atoms with E-state index < -0.39 is 97.5 Å². The molecule has 0 saturated carbocycles.